The van der Waals surface area contributed by atoms with E-state index < -0.39 is 0 Å². The summed E-state index contributed by atoms with van der Waals surface area (Å²) in [5, 5.41) is 6.83. The van der Waals surface area contributed by atoms with E-state index >= 15 is 0 Å². The highest BCUT2D eigenvalue weighted by Gasteiger charge is 2.23. The lowest BCUT2D eigenvalue weighted by Crippen LogP contribution is -2.18. The number of carbonyl (C=O) groups is 1. The van der Waals surface area contributed by atoms with E-state index in [1.807, 2.05) is 12.1 Å². The molecule has 2 N–H and O–H groups in total. The maximum atomic E-state index is 13.3. The maximum absolute atomic E-state index is 13.3. The minimum Gasteiger partial charge on any atom is -0.455 e. The van der Waals surface area contributed by atoms with Gasteiger partial charge in [-0.05, 0) is 49.2 Å². The monoisotopic (exact) mass is 350 g/mol. The van der Waals surface area contributed by atoms with Crippen LogP contribution in [0, 0.1) is 5.82 Å². The van der Waals surface area contributed by atoms with Crippen LogP contribution in [0.2, 0.25) is 0 Å². The van der Waals surface area contributed by atoms with Crippen LogP contribution in [0.1, 0.15) is 29.3 Å². The van der Waals surface area contributed by atoms with Crippen molar-refractivity contribution < 1.29 is 13.6 Å². The van der Waals surface area contributed by atoms with Gasteiger partial charge in [0, 0.05) is 36.3 Å². The third-order valence-electron chi connectivity index (χ3n) is 4.66. The Morgan fingerprint density at radius 2 is 2.00 bits per heavy atom. The molecule has 0 radical (unpaired) electrons. The van der Waals surface area contributed by atoms with Gasteiger partial charge in [-0.1, -0.05) is 11.6 Å². The van der Waals surface area contributed by atoms with E-state index in [0.717, 1.165) is 29.6 Å². The zero-order chi connectivity index (χ0) is 18.3. The van der Waals surface area contributed by atoms with Gasteiger partial charge >= 0.3 is 0 Å². The molecule has 0 atom stereocenters. The van der Waals surface area contributed by atoms with Crippen LogP contribution in [0.25, 0.3) is 28.4 Å². The van der Waals surface area contributed by atoms with Crippen molar-refractivity contribution in [2.75, 3.05) is 18.9 Å². The molecule has 0 spiro atoms. The number of hydrogen-bond donors (Lipinski definition) is 2. The largest absolute Gasteiger partial charge is 0.455 e. The standard InChI is InChI=1S/C21H19FN2O2/c1-12-7-8-24-17-11-18-16(10-14(17)9-12)19(21(25)23-2)20(26-18)13-3-5-15(22)6-4-13/h3-6,9-11,24H,7-8H2,1-2H3,(H,23,25). The third-order valence-corrected chi connectivity index (χ3v) is 4.66. The van der Waals surface area contributed by atoms with Crippen LogP contribution in [-0.2, 0) is 0 Å². The third kappa shape index (κ3) is 2.75. The number of nitrogens with one attached hydrogen (secondary N) is 2. The zero-order valence-corrected chi connectivity index (χ0v) is 14.7. The molecule has 2 aromatic carbocycles. The molecule has 4 nitrogen and oxygen atoms in total. The quantitative estimate of drug-likeness (QED) is 0.697. The summed E-state index contributed by atoms with van der Waals surface area (Å²) in [6.07, 6.45) is 3.10. The van der Waals surface area contributed by atoms with E-state index in [1.54, 1.807) is 19.2 Å². The minimum atomic E-state index is -0.331. The molecule has 0 unspecified atom stereocenters. The molecule has 4 rings (SSSR count). The highest BCUT2D eigenvalue weighted by molar-refractivity contribution is 6.12. The first-order valence-corrected chi connectivity index (χ1v) is 8.56. The van der Waals surface area contributed by atoms with Crippen molar-refractivity contribution in [2.45, 2.75) is 13.3 Å². The Morgan fingerprint density at radius 3 is 2.73 bits per heavy atom. The number of benzene rings is 2. The van der Waals surface area contributed by atoms with Gasteiger partial charge < -0.3 is 15.1 Å². The van der Waals surface area contributed by atoms with Gasteiger partial charge in [0.15, 0.2) is 0 Å². The van der Waals surface area contributed by atoms with E-state index in [9.17, 15) is 9.18 Å². The summed E-state index contributed by atoms with van der Waals surface area (Å²) in [6.45, 7) is 2.95. The average molecular weight is 350 g/mol. The molecule has 1 aliphatic heterocycles. The van der Waals surface area contributed by atoms with Crippen LogP contribution in [0.5, 0.6) is 0 Å². The molecule has 0 aliphatic carbocycles. The summed E-state index contributed by atoms with van der Waals surface area (Å²) in [5.41, 5.74) is 5.05. The predicted molar refractivity (Wildman–Crippen MR) is 102 cm³/mol. The van der Waals surface area contributed by atoms with Gasteiger partial charge in [0.05, 0.1) is 5.56 Å². The topological polar surface area (TPSA) is 54.3 Å². The SMILES string of the molecule is CNC(=O)c1c(-c2ccc(F)cc2)oc2cc3c(cc12)C=C(C)CCN3. The van der Waals surface area contributed by atoms with E-state index in [-0.39, 0.29) is 11.7 Å². The predicted octanol–water partition coefficient (Wildman–Crippen LogP) is 4.82. The van der Waals surface area contributed by atoms with E-state index in [4.69, 9.17) is 4.42 Å². The number of furan rings is 1. The van der Waals surface area contributed by atoms with Gasteiger partial charge in [-0.25, -0.2) is 4.39 Å². The number of halogens is 1. The van der Waals surface area contributed by atoms with Gasteiger partial charge in [-0.2, -0.15) is 0 Å². The average Bonchev–Trinajstić information content (AvgIpc) is 2.89. The van der Waals surface area contributed by atoms with Crippen LogP contribution in [-0.4, -0.2) is 19.5 Å². The Balaban J connectivity index is 1.99. The fraction of sp³-hybridized carbons (Fsp3) is 0.190. The molecule has 132 valence electrons. The normalized spacial score (nSPS) is 13.6. The number of rotatable bonds is 2. The second-order valence-electron chi connectivity index (χ2n) is 6.50. The molecule has 1 aliphatic rings. The highest BCUT2D eigenvalue weighted by atomic mass is 19.1. The van der Waals surface area contributed by atoms with Crippen molar-refractivity contribution in [2.24, 2.45) is 0 Å². The molecule has 1 amide bonds. The van der Waals surface area contributed by atoms with Crippen molar-refractivity contribution in [3.05, 3.63) is 58.9 Å². The fourth-order valence-corrected chi connectivity index (χ4v) is 3.32. The van der Waals surface area contributed by atoms with Crippen LogP contribution in [0.4, 0.5) is 10.1 Å². The van der Waals surface area contributed by atoms with Gasteiger partial charge in [0.2, 0.25) is 0 Å². The summed E-state index contributed by atoms with van der Waals surface area (Å²) >= 11 is 0. The Bertz CT molecular complexity index is 1030. The van der Waals surface area contributed by atoms with Crippen molar-refractivity contribution in [1.29, 1.82) is 0 Å². The van der Waals surface area contributed by atoms with E-state index in [1.165, 1.54) is 17.7 Å². The van der Waals surface area contributed by atoms with Gasteiger partial charge in [0.25, 0.3) is 5.91 Å². The number of fused-ring (bicyclic) bond motifs is 2. The molecule has 0 saturated heterocycles. The van der Waals surface area contributed by atoms with Crippen molar-refractivity contribution >= 4 is 28.6 Å². The molecule has 26 heavy (non-hydrogen) atoms. The summed E-state index contributed by atoms with van der Waals surface area (Å²) in [6, 6.07) is 9.87. The van der Waals surface area contributed by atoms with E-state index in [2.05, 4.69) is 23.6 Å². The summed E-state index contributed by atoms with van der Waals surface area (Å²) < 4.78 is 19.3. The Kier molecular flexibility index (Phi) is 3.99. The lowest BCUT2D eigenvalue weighted by Gasteiger charge is -2.06. The molecule has 0 fully saturated rings. The second kappa shape index (κ2) is 6.33. The van der Waals surface area contributed by atoms with Gasteiger partial charge in [0.1, 0.15) is 17.2 Å². The molecular weight excluding hydrogens is 331 g/mol. The Labute approximate surface area is 150 Å². The first kappa shape index (κ1) is 16.4. The molecule has 5 heteroatoms. The fourth-order valence-electron chi connectivity index (χ4n) is 3.32. The first-order chi connectivity index (χ1) is 12.6. The lowest BCUT2D eigenvalue weighted by atomic mass is 10.0. The molecule has 2 heterocycles. The second-order valence-corrected chi connectivity index (χ2v) is 6.50. The van der Waals surface area contributed by atoms with Crippen LogP contribution in [0.15, 0.2) is 46.4 Å². The summed E-state index contributed by atoms with van der Waals surface area (Å²) in [5.74, 6) is -0.117. The van der Waals surface area contributed by atoms with Gasteiger partial charge in [-0.15, -0.1) is 0 Å². The first-order valence-electron chi connectivity index (χ1n) is 8.56. The number of anilines is 1. The van der Waals surface area contributed by atoms with Gasteiger partial charge in [-0.3, -0.25) is 4.79 Å². The van der Waals surface area contributed by atoms with Crippen LogP contribution < -0.4 is 10.6 Å². The molecular formula is C21H19FN2O2. The van der Waals surface area contributed by atoms with Crippen LogP contribution in [0.3, 0.4) is 0 Å². The highest BCUT2D eigenvalue weighted by Crippen LogP contribution is 2.37. The zero-order valence-electron chi connectivity index (χ0n) is 14.7. The Morgan fingerprint density at radius 1 is 1.23 bits per heavy atom. The van der Waals surface area contributed by atoms with E-state index in [0.29, 0.717) is 22.5 Å². The molecule has 3 aromatic rings. The lowest BCUT2D eigenvalue weighted by molar-refractivity contribution is 0.0964. The summed E-state index contributed by atoms with van der Waals surface area (Å²) in [7, 11) is 1.59. The minimum absolute atomic E-state index is 0.231. The van der Waals surface area contributed by atoms with Crippen molar-refractivity contribution in [3.8, 4) is 11.3 Å². The van der Waals surface area contributed by atoms with Crippen molar-refractivity contribution in [3.63, 3.8) is 0 Å². The Hall–Kier alpha value is -3.08. The smallest absolute Gasteiger partial charge is 0.255 e. The number of carbonyl (C=O) groups excluding carboxylic acids is 1. The molecule has 0 bridgehead atoms. The number of hydrogen-bond acceptors (Lipinski definition) is 3. The molecule has 0 saturated carbocycles. The van der Waals surface area contributed by atoms with Crippen molar-refractivity contribution in [1.82, 2.24) is 5.32 Å². The van der Waals surface area contributed by atoms with Crippen LogP contribution >= 0.6 is 0 Å². The number of amides is 1. The maximum Gasteiger partial charge on any atom is 0.255 e. The summed E-state index contributed by atoms with van der Waals surface area (Å²) in [4.78, 5) is 12.6. The molecule has 1 aromatic heterocycles.